The molecule has 1 heterocycles. The third-order valence-electron chi connectivity index (χ3n) is 2.88. The van der Waals surface area contributed by atoms with Gasteiger partial charge in [0.2, 0.25) is 11.1 Å². The van der Waals surface area contributed by atoms with E-state index in [4.69, 9.17) is 16.3 Å². The van der Waals surface area contributed by atoms with Crippen LogP contribution in [0.3, 0.4) is 0 Å². The van der Waals surface area contributed by atoms with Crippen LogP contribution in [-0.2, 0) is 9.59 Å². The SMILES string of the molecule is COc1cc(Br)ccc1N1C[C@@H](C(=O)Cl)CC1=O. The summed E-state index contributed by atoms with van der Waals surface area (Å²) in [4.78, 5) is 24.6. The molecule has 6 heteroatoms. The van der Waals surface area contributed by atoms with Crippen LogP contribution in [0.25, 0.3) is 0 Å². The number of rotatable bonds is 3. The smallest absolute Gasteiger partial charge is 0.227 e. The zero-order valence-corrected chi connectivity index (χ0v) is 12.0. The highest BCUT2D eigenvalue weighted by Crippen LogP contribution is 2.35. The first-order valence-electron chi connectivity index (χ1n) is 5.36. The van der Waals surface area contributed by atoms with E-state index in [0.717, 1.165) is 4.47 Å². The summed E-state index contributed by atoms with van der Waals surface area (Å²) in [6, 6.07) is 5.38. The zero-order chi connectivity index (χ0) is 13.3. The van der Waals surface area contributed by atoms with Crippen molar-refractivity contribution in [3.63, 3.8) is 0 Å². The minimum atomic E-state index is -0.470. The van der Waals surface area contributed by atoms with Crippen LogP contribution < -0.4 is 9.64 Å². The van der Waals surface area contributed by atoms with Crippen molar-refractivity contribution < 1.29 is 14.3 Å². The van der Waals surface area contributed by atoms with Gasteiger partial charge in [0.05, 0.1) is 18.7 Å². The van der Waals surface area contributed by atoms with Crippen molar-refractivity contribution in [2.24, 2.45) is 5.92 Å². The van der Waals surface area contributed by atoms with E-state index in [0.29, 0.717) is 18.0 Å². The maximum atomic E-state index is 11.9. The number of nitrogens with zero attached hydrogens (tertiary/aromatic N) is 1. The predicted molar refractivity (Wildman–Crippen MR) is 72.0 cm³/mol. The molecule has 1 saturated heterocycles. The molecule has 1 aliphatic heterocycles. The van der Waals surface area contributed by atoms with Crippen molar-refractivity contribution in [2.45, 2.75) is 6.42 Å². The summed E-state index contributed by atoms with van der Waals surface area (Å²) in [5, 5.41) is -0.470. The number of hydrogen-bond acceptors (Lipinski definition) is 3. The largest absolute Gasteiger partial charge is 0.495 e. The highest BCUT2D eigenvalue weighted by Gasteiger charge is 2.35. The number of methoxy groups -OCH3 is 1. The minimum Gasteiger partial charge on any atom is -0.495 e. The molecular weight excluding hydrogens is 321 g/mol. The van der Waals surface area contributed by atoms with Crippen LogP contribution in [0.2, 0.25) is 0 Å². The second-order valence-corrected chi connectivity index (χ2v) is 5.31. The molecule has 0 N–H and O–H groups in total. The fourth-order valence-electron chi connectivity index (χ4n) is 1.97. The number of amides is 1. The highest BCUT2D eigenvalue weighted by atomic mass is 79.9. The molecule has 0 aliphatic carbocycles. The molecule has 18 heavy (non-hydrogen) atoms. The van der Waals surface area contributed by atoms with Gasteiger partial charge in [-0.3, -0.25) is 9.59 Å². The molecule has 1 amide bonds. The summed E-state index contributed by atoms with van der Waals surface area (Å²) in [7, 11) is 1.54. The van der Waals surface area contributed by atoms with Crippen molar-refractivity contribution in [2.75, 3.05) is 18.6 Å². The van der Waals surface area contributed by atoms with E-state index in [-0.39, 0.29) is 12.3 Å². The molecule has 96 valence electrons. The lowest BCUT2D eigenvalue weighted by atomic mass is 10.1. The van der Waals surface area contributed by atoms with Gasteiger partial charge >= 0.3 is 0 Å². The van der Waals surface area contributed by atoms with E-state index in [2.05, 4.69) is 15.9 Å². The van der Waals surface area contributed by atoms with E-state index in [1.54, 1.807) is 12.1 Å². The van der Waals surface area contributed by atoms with Crippen molar-refractivity contribution in [1.29, 1.82) is 0 Å². The number of ether oxygens (including phenoxy) is 1. The van der Waals surface area contributed by atoms with Crippen molar-refractivity contribution in [1.82, 2.24) is 0 Å². The third kappa shape index (κ3) is 2.52. The maximum Gasteiger partial charge on any atom is 0.227 e. The quantitative estimate of drug-likeness (QED) is 0.799. The second kappa shape index (κ2) is 5.28. The molecule has 1 aromatic carbocycles. The van der Waals surface area contributed by atoms with E-state index in [1.165, 1.54) is 12.0 Å². The number of hydrogen-bond donors (Lipinski definition) is 0. The van der Waals surface area contributed by atoms with Gasteiger partial charge in [-0.05, 0) is 29.8 Å². The first-order valence-corrected chi connectivity index (χ1v) is 6.53. The second-order valence-electron chi connectivity index (χ2n) is 4.03. The Morgan fingerprint density at radius 1 is 1.56 bits per heavy atom. The van der Waals surface area contributed by atoms with E-state index in [1.807, 2.05) is 6.07 Å². The Balaban J connectivity index is 2.32. The van der Waals surface area contributed by atoms with E-state index < -0.39 is 11.2 Å². The van der Waals surface area contributed by atoms with Crippen LogP contribution in [0, 0.1) is 5.92 Å². The lowest BCUT2D eigenvalue weighted by Gasteiger charge is -2.19. The Hall–Kier alpha value is -1.07. The summed E-state index contributed by atoms with van der Waals surface area (Å²) in [5.41, 5.74) is 0.658. The van der Waals surface area contributed by atoms with Crippen LogP contribution in [0.1, 0.15) is 6.42 Å². The standard InChI is InChI=1S/C12H11BrClNO3/c1-18-10-5-8(13)2-3-9(10)15-6-7(12(14)17)4-11(15)16/h2-3,5,7H,4,6H2,1H3/t7-/m0/s1. The van der Waals surface area contributed by atoms with Crippen molar-refractivity contribution >= 4 is 44.4 Å². The van der Waals surface area contributed by atoms with E-state index in [9.17, 15) is 9.59 Å². The van der Waals surface area contributed by atoms with Gasteiger partial charge in [-0.25, -0.2) is 0 Å². The first-order chi connectivity index (χ1) is 8.52. The maximum absolute atomic E-state index is 11.9. The Labute approximate surface area is 118 Å². The van der Waals surface area contributed by atoms with Crippen LogP contribution >= 0.6 is 27.5 Å². The fraction of sp³-hybridized carbons (Fsp3) is 0.333. The molecule has 0 aromatic heterocycles. The molecule has 1 aliphatic rings. The van der Waals surface area contributed by atoms with Gasteiger partial charge in [-0.15, -0.1) is 0 Å². The predicted octanol–water partition coefficient (Wildman–Crippen LogP) is 2.58. The molecule has 1 aromatic rings. The van der Waals surface area contributed by atoms with Gasteiger partial charge in [-0.2, -0.15) is 0 Å². The third-order valence-corrected chi connectivity index (χ3v) is 3.68. The zero-order valence-electron chi connectivity index (χ0n) is 9.65. The number of anilines is 1. The Morgan fingerprint density at radius 3 is 2.83 bits per heavy atom. The molecule has 4 nitrogen and oxygen atoms in total. The number of carbonyl (C=O) groups excluding carboxylic acids is 2. The van der Waals surface area contributed by atoms with Gasteiger partial charge in [0.1, 0.15) is 5.75 Å². The molecular formula is C12H11BrClNO3. The van der Waals surface area contributed by atoms with Crippen LogP contribution in [0.15, 0.2) is 22.7 Å². The van der Waals surface area contributed by atoms with Gasteiger partial charge in [0.25, 0.3) is 0 Å². The fourth-order valence-corrected chi connectivity index (χ4v) is 2.45. The summed E-state index contributed by atoms with van der Waals surface area (Å²) >= 11 is 8.78. The summed E-state index contributed by atoms with van der Waals surface area (Å²) in [6.07, 6.45) is 0.154. The van der Waals surface area contributed by atoms with Crippen LogP contribution in [0.5, 0.6) is 5.75 Å². The number of benzene rings is 1. The van der Waals surface area contributed by atoms with Gasteiger partial charge in [0.15, 0.2) is 0 Å². The van der Waals surface area contributed by atoms with E-state index >= 15 is 0 Å². The lowest BCUT2D eigenvalue weighted by Crippen LogP contribution is -2.25. The minimum absolute atomic E-state index is 0.116. The Bertz CT molecular complexity index is 506. The molecule has 0 radical (unpaired) electrons. The molecule has 0 bridgehead atoms. The van der Waals surface area contributed by atoms with Crippen molar-refractivity contribution in [3.8, 4) is 5.75 Å². The molecule has 0 spiro atoms. The molecule has 0 saturated carbocycles. The first kappa shape index (κ1) is 13.4. The molecule has 0 unspecified atom stereocenters. The van der Waals surface area contributed by atoms with Gasteiger partial charge in [-0.1, -0.05) is 15.9 Å². The molecule has 1 fully saturated rings. The van der Waals surface area contributed by atoms with Gasteiger partial charge < -0.3 is 9.64 Å². The highest BCUT2D eigenvalue weighted by molar-refractivity contribution is 9.10. The summed E-state index contributed by atoms with van der Waals surface area (Å²) in [6.45, 7) is 0.305. The topological polar surface area (TPSA) is 46.6 Å². The molecule has 1 atom stereocenters. The van der Waals surface area contributed by atoms with Gasteiger partial charge in [0, 0.05) is 17.4 Å². The Kier molecular flexibility index (Phi) is 3.92. The van der Waals surface area contributed by atoms with Crippen LogP contribution in [0.4, 0.5) is 5.69 Å². The number of carbonyl (C=O) groups is 2. The monoisotopic (exact) mass is 331 g/mol. The Morgan fingerprint density at radius 2 is 2.28 bits per heavy atom. The lowest BCUT2D eigenvalue weighted by molar-refractivity contribution is -0.120. The van der Waals surface area contributed by atoms with Crippen molar-refractivity contribution in [3.05, 3.63) is 22.7 Å². The molecule has 2 rings (SSSR count). The average Bonchev–Trinajstić information content (AvgIpc) is 2.71. The summed E-state index contributed by atoms with van der Waals surface area (Å²) < 4.78 is 6.10. The van der Waals surface area contributed by atoms with Crippen LogP contribution in [-0.4, -0.2) is 24.8 Å². The average molecular weight is 333 g/mol. The summed E-state index contributed by atoms with van der Waals surface area (Å²) in [5.74, 6) is 0.0301. The number of halogens is 2. The normalized spacial score (nSPS) is 19.2.